The molecule has 0 bridgehead atoms. The Labute approximate surface area is 337 Å². The Bertz CT molecular complexity index is 2150. The van der Waals surface area contributed by atoms with Gasteiger partial charge in [-0.25, -0.2) is 19.6 Å². The molecule has 0 spiro atoms. The smallest absolute Gasteiger partial charge is 0.407 e. The van der Waals surface area contributed by atoms with Crippen LogP contribution in [0, 0.1) is 11.8 Å². The zero-order valence-corrected chi connectivity index (χ0v) is 34.0. The summed E-state index contributed by atoms with van der Waals surface area (Å²) in [5, 5.41) is 5.43. The molecule has 5 aliphatic rings. The summed E-state index contributed by atoms with van der Waals surface area (Å²) in [6.07, 6.45) is 9.59. The van der Waals surface area contributed by atoms with Gasteiger partial charge in [0.15, 0.2) is 5.75 Å². The molecule has 2 aromatic heterocycles. The van der Waals surface area contributed by atoms with E-state index in [0.29, 0.717) is 18.9 Å². The molecule has 58 heavy (non-hydrogen) atoms. The van der Waals surface area contributed by atoms with Crippen LogP contribution in [0.3, 0.4) is 0 Å². The van der Waals surface area contributed by atoms with Gasteiger partial charge in [-0.15, -0.1) is 0 Å². The average molecular weight is 796 g/mol. The van der Waals surface area contributed by atoms with Crippen LogP contribution in [-0.2, 0) is 19.1 Å². The van der Waals surface area contributed by atoms with Gasteiger partial charge in [-0.3, -0.25) is 9.59 Å². The third kappa shape index (κ3) is 7.17. The number of anilines is 1. The van der Waals surface area contributed by atoms with Gasteiger partial charge in [0.2, 0.25) is 11.8 Å². The fourth-order valence-electron chi connectivity index (χ4n) is 9.14. The summed E-state index contributed by atoms with van der Waals surface area (Å²) < 4.78 is 16.3. The second-order valence-corrected chi connectivity index (χ2v) is 16.5. The number of aromatic amines is 2. The second-order valence-electron chi connectivity index (χ2n) is 16.5. The standard InChI is InChI=1S/C42H53N9O7/c1-22(2)34(47-41(54)56-5)39(52)50-14-7-9-30(50)37-43-20-27(45-37)24-11-12-29-32(18-24)58-33-19-26(17-25-13-16-49(29)36(25)33)28-21-44-38(46-28)31-10-8-15-51(31)40(53)35(23(3)4)48-42(55)57-6/h11-12,18-23,26,30-31,34-35H,7-10,13-17H2,1-6H3,(H,43,45)(H,44,46)(H,47,54)(H,48,55)/t26?,30-,31-,34-,35-/m0/s1. The molecule has 308 valence electrons. The van der Waals surface area contributed by atoms with E-state index in [0.717, 1.165) is 90.7 Å². The maximum Gasteiger partial charge on any atom is 0.407 e. The minimum Gasteiger partial charge on any atom is -0.453 e. The van der Waals surface area contributed by atoms with Gasteiger partial charge >= 0.3 is 12.2 Å². The number of carbonyl (C=O) groups is 4. The number of aromatic nitrogens is 4. The normalized spacial score (nSPS) is 22.0. The lowest BCUT2D eigenvalue weighted by atomic mass is 9.89. The van der Waals surface area contributed by atoms with Gasteiger partial charge in [0, 0.05) is 43.0 Å². The summed E-state index contributed by atoms with van der Waals surface area (Å²) in [4.78, 5) is 74.1. The number of benzene rings is 1. The lowest BCUT2D eigenvalue weighted by molar-refractivity contribution is -0.136. The van der Waals surface area contributed by atoms with Crippen LogP contribution >= 0.6 is 0 Å². The van der Waals surface area contributed by atoms with Gasteiger partial charge in [-0.05, 0) is 74.1 Å². The first-order valence-electron chi connectivity index (χ1n) is 20.4. The maximum atomic E-state index is 13.7. The number of rotatable bonds is 10. The van der Waals surface area contributed by atoms with E-state index in [2.05, 4.69) is 43.7 Å². The van der Waals surface area contributed by atoms with Crippen molar-refractivity contribution in [3.8, 4) is 17.0 Å². The van der Waals surface area contributed by atoms with Crippen molar-refractivity contribution in [2.45, 2.75) is 96.3 Å². The number of ether oxygens (including phenoxy) is 3. The van der Waals surface area contributed by atoms with Crippen LogP contribution in [0.1, 0.15) is 102 Å². The van der Waals surface area contributed by atoms with Crippen LogP contribution in [0.2, 0.25) is 0 Å². The molecule has 4 N–H and O–H groups in total. The van der Waals surface area contributed by atoms with Gasteiger partial charge < -0.3 is 49.5 Å². The Kier molecular flexibility index (Phi) is 10.7. The van der Waals surface area contributed by atoms with Crippen molar-refractivity contribution in [3.63, 3.8) is 0 Å². The third-order valence-corrected chi connectivity index (χ3v) is 12.2. The minimum absolute atomic E-state index is 0.0139. The number of allylic oxidation sites excluding steroid dienone is 1. The third-order valence-electron chi connectivity index (χ3n) is 12.2. The molecule has 1 unspecified atom stereocenters. The largest absolute Gasteiger partial charge is 0.453 e. The van der Waals surface area contributed by atoms with Crippen LogP contribution in [0.15, 0.2) is 53.7 Å². The summed E-state index contributed by atoms with van der Waals surface area (Å²) in [6.45, 7) is 9.65. The molecule has 2 saturated heterocycles. The van der Waals surface area contributed by atoms with Gasteiger partial charge in [-0.1, -0.05) is 33.8 Å². The Balaban J connectivity index is 0.995. The molecular weight excluding hydrogens is 743 g/mol. The van der Waals surface area contributed by atoms with E-state index in [9.17, 15) is 19.2 Å². The number of carbonyl (C=O) groups excluding carboxylic acids is 4. The van der Waals surface area contributed by atoms with Crippen molar-refractivity contribution in [2.75, 3.05) is 38.8 Å². The second kappa shape index (κ2) is 15.9. The van der Waals surface area contributed by atoms with E-state index in [1.165, 1.54) is 19.8 Å². The molecule has 6 heterocycles. The van der Waals surface area contributed by atoms with Crippen molar-refractivity contribution in [1.82, 2.24) is 40.4 Å². The van der Waals surface area contributed by atoms with Gasteiger partial charge in [0.1, 0.15) is 29.5 Å². The molecule has 16 nitrogen and oxygen atoms in total. The van der Waals surface area contributed by atoms with E-state index in [1.54, 1.807) is 6.20 Å². The highest BCUT2D eigenvalue weighted by atomic mass is 16.5. The molecule has 0 radical (unpaired) electrons. The van der Waals surface area contributed by atoms with E-state index >= 15 is 0 Å². The number of nitrogens with one attached hydrogen (secondary N) is 4. The van der Waals surface area contributed by atoms with E-state index in [1.807, 2.05) is 49.8 Å². The van der Waals surface area contributed by atoms with Crippen LogP contribution in [-0.4, -0.2) is 99.7 Å². The van der Waals surface area contributed by atoms with Crippen LogP contribution in [0.5, 0.6) is 5.75 Å². The van der Waals surface area contributed by atoms with Gasteiger partial charge in [-0.2, -0.15) is 0 Å². The monoisotopic (exact) mass is 795 g/mol. The number of alkyl carbamates (subject to hydrolysis) is 2. The number of methoxy groups -OCH3 is 2. The molecule has 8 rings (SSSR count). The van der Waals surface area contributed by atoms with E-state index in [-0.39, 0.29) is 41.7 Å². The van der Waals surface area contributed by atoms with Crippen LogP contribution in [0.25, 0.3) is 11.3 Å². The fraction of sp³-hybridized carbons (Fsp3) is 0.524. The van der Waals surface area contributed by atoms with Crippen LogP contribution in [0.4, 0.5) is 15.3 Å². The van der Waals surface area contributed by atoms with Gasteiger partial charge in [0.05, 0.1) is 49.6 Å². The van der Waals surface area contributed by atoms with E-state index < -0.39 is 24.3 Å². The summed E-state index contributed by atoms with van der Waals surface area (Å²) in [6, 6.07) is 4.35. The quantitative estimate of drug-likeness (QED) is 0.195. The fourth-order valence-corrected chi connectivity index (χ4v) is 9.14. The average Bonchev–Trinajstić information content (AvgIpc) is 4.06. The van der Waals surface area contributed by atoms with Crippen molar-refractivity contribution < 1.29 is 33.4 Å². The molecule has 0 saturated carbocycles. The lowest BCUT2D eigenvalue weighted by Gasteiger charge is -2.34. The van der Waals surface area contributed by atoms with E-state index in [4.69, 9.17) is 24.2 Å². The highest BCUT2D eigenvalue weighted by Gasteiger charge is 2.41. The molecule has 4 aliphatic heterocycles. The molecular formula is C42H53N9O7. The maximum absolute atomic E-state index is 13.7. The highest BCUT2D eigenvalue weighted by Crippen LogP contribution is 2.50. The zero-order valence-electron chi connectivity index (χ0n) is 34.0. The SMILES string of the molecule is COC(=O)N[C@H](C(=O)N1CCC[C@H]1c1ncc(-c2ccc3c(c2)OC2=CC(c4cnc([C@@H]5CCCN5C(=O)[C@@H](NC(=O)OC)C(C)C)[nH]4)CC4=C2N3CC4)[nH]1)C(C)C. The number of hydrogen-bond acceptors (Lipinski definition) is 10. The molecule has 5 atom stereocenters. The van der Waals surface area contributed by atoms with Crippen molar-refractivity contribution in [1.29, 1.82) is 0 Å². The van der Waals surface area contributed by atoms with Gasteiger partial charge in [0.25, 0.3) is 0 Å². The number of fused-ring (bicyclic) bond motifs is 2. The Morgan fingerprint density at radius 1 is 0.828 bits per heavy atom. The number of amides is 4. The lowest BCUT2D eigenvalue weighted by Crippen LogP contribution is -2.51. The highest BCUT2D eigenvalue weighted by molar-refractivity contribution is 5.87. The number of nitrogens with zero attached hydrogens (tertiary/aromatic N) is 5. The Hall–Kier alpha value is -5.80. The first-order valence-corrected chi connectivity index (χ1v) is 20.4. The number of imidazole rings is 2. The molecule has 3 aromatic rings. The predicted octanol–water partition coefficient (Wildman–Crippen LogP) is 5.82. The number of H-pyrrole nitrogens is 2. The van der Waals surface area contributed by atoms with Crippen molar-refractivity contribution in [3.05, 3.63) is 71.0 Å². The Morgan fingerprint density at radius 2 is 1.43 bits per heavy atom. The molecule has 2 fully saturated rings. The van der Waals surface area contributed by atoms with Crippen molar-refractivity contribution >= 4 is 29.7 Å². The van der Waals surface area contributed by atoms with Crippen LogP contribution < -0.4 is 20.3 Å². The first-order chi connectivity index (χ1) is 27.9. The summed E-state index contributed by atoms with van der Waals surface area (Å²) >= 11 is 0. The first kappa shape index (κ1) is 39.0. The summed E-state index contributed by atoms with van der Waals surface area (Å²) in [5.41, 5.74) is 6.20. The number of hydrogen-bond donors (Lipinski definition) is 4. The predicted molar refractivity (Wildman–Crippen MR) is 213 cm³/mol. The number of likely N-dealkylation sites (tertiary alicyclic amines) is 2. The molecule has 16 heteroatoms. The zero-order chi connectivity index (χ0) is 40.8. The topological polar surface area (TPSA) is 187 Å². The molecule has 4 amide bonds. The molecule has 1 aromatic carbocycles. The summed E-state index contributed by atoms with van der Waals surface area (Å²) in [7, 11) is 2.59. The summed E-state index contributed by atoms with van der Waals surface area (Å²) in [5.74, 6) is 2.51. The minimum atomic E-state index is -0.705. The molecule has 1 aliphatic carbocycles. The Morgan fingerprint density at radius 3 is 2.03 bits per heavy atom. The van der Waals surface area contributed by atoms with Crippen molar-refractivity contribution in [2.24, 2.45) is 11.8 Å².